The first-order valence-corrected chi connectivity index (χ1v) is 34.8. The van der Waals surface area contributed by atoms with E-state index in [1.165, 1.54) is 35.6 Å². The molecular formula is C62H92N8O24S3. The van der Waals surface area contributed by atoms with E-state index in [-0.39, 0.29) is 186 Å². The summed E-state index contributed by atoms with van der Waals surface area (Å²) in [6.45, 7) is 6.12. The first-order chi connectivity index (χ1) is 46.5. The predicted molar refractivity (Wildman–Crippen MR) is 353 cm³/mol. The lowest BCUT2D eigenvalue weighted by Gasteiger charge is -2.23. The highest BCUT2D eigenvalue weighted by Gasteiger charge is 2.57. The van der Waals surface area contributed by atoms with Gasteiger partial charge in [0.25, 0.3) is 0 Å². The second-order valence-corrected chi connectivity index (χ2v) is 25.7. The number of anilines is 1. The summed E-state index contributed by atoms with van der Waals surface area (Å²) in [6, 6.07) is 5.38. The monoisotopic (exact) mass is 1430 g/mol. The van der Waals surface area contributed by atoms with E-state index in [1.54, 1.807) is 24.3 Å². The molecule has 2 aliphatic heterocycles. The van der Waals surface area contributed by atoms with Crippen molar-refractivity contribution >= 4 is 127 Å². The molecule has 1 aromatic carbocycles. The van der Waals surface area contributed by atoms with E-state index < -0.39 is 98.5 Å². The van der Waals surface area contributed by atoms with Gasteiger partial charge in [-0.1, -0.05) is 33.7 Å². The number of carbonyl (C=O) groups excluding carboxylic acids is 15. The molecule has 7 N–H and O–H groups in total. The standard InChI is InChI=1S/C62H92N8O24S3/c1-42(71)61(43(2)72,44(3)73)50(75)14-21-86-25-29-90-33-36-93-32-28-89-24-19-66-59(84)48(69-57(82)41-94-40-56(81)68-47-9-6-46(7-10-47)8-11-53(78)64-17-12-52(77)63-5)39-67-55(80)16-37-95-49-38-58(83)70(60(49)85)20-13-54(79)65-18-23-88-27-31-92-35-34-91-30-26-87-22-15-51(76)62(45(4)74)96-97-62/h6-7,9-10,48-49H,8,11-41H2,1-5H3,(H,63,77)(H,64,78)(H,65,79)(H,66,84)(H,67,80)(H,68,81)(H,69,82). The number of thioether (sulfide) groups is 1. The molecule has 2 unspecified atom stereocenters. The van der Waals surface area contributed by atoms with Gasteiger partial charge in [0.15, 0.2) is 38.8 Å². The summed E-state index contributed by atoms with van der Waals surface area (Å²) in [5, 5.41) is 17.4. The van der Waals surface area contributed by atoms with E-state index in [4.69, 9.17) is 42.6 Å². The maximum atomic E-state index is 13.4. The SMILES string of the molecule is CNC(=O)CCNC(=O)CCc1ccc(NC(=O)COCC(=O)NC(CNC(=O)CCSC2CC(=O)N(CCC(=O)NCCOCCOCCOCCOCCC(=O)C3(C(C)=O)SS3)C2=O)C(=O)NCCOCCOCCOCCOCCC(=O)C(C(C)=O)(C(C)=O)C(C)=O)cc1. The van der Waals surface area contributed by atoms with E-state index in [9.17, 15) is 71.9 Å². The van der Waals surface area contributed by atoms with Gasteiger partial charge in [0.2, 0.25) is 58.6 Å². The van der Waals surface area contributed by atoms with Crippen LogP contribution in [0.4, 0.5) is 5.69 Å². The Kier molecular flexibility index (Phi) is 42.0. The minimum Gasteiger partial charge on any atom is -0.379 e. The number of benzene rings is 1. The molecule has 542 valence electrons. The lowest BCUT2D eigenvalue weighted by atomic mass is 9.72. The van der Waals surface area contributed by atoms with Crippen LogP contribution in [0.2, 0.25) is 0 Å². The summed E-state index contributed by atoms with van der Waals surface area (Å²) >= 11 is 1.08. The highest BCUT2D eigenvalue weighted by molar-refractivity contribution is 8.94. The quantitative estimate of drug-likeness (QED) is 0.0132. The predicted octanol–water partition coefficient (Wildman–Crippen LogP) is -1.21. The maximum Gasteiger partial charge on any atom is 0.250 e. The molecule has 2 heterocycles. The number of rotatable bonds is 58. The van der Waals surface area contributed by atoms with Crippen LogP contribution in [0.1, 0.15) is 78.2 Å². The van der Waals surface area contributed by atoms with E-state index >= 15 is 0 Å². The van der Waals surface area contributed by atoms with Crippen LogP contribution in [-0.2, 0) is 121 Å². The van der Waals surface area contributed by atoms with E-state index in [2.05, 4.69) is 37.2 Å². The largest absolute Gasteiger partial charge is 0.379 e. The molecule has 2 atom stereocenters. The van der Waals surface area contributed by atoms with Crippen molar-refractivity contribution in [3.8, 4) is 0 Å². The van der Waals surface area contributed by atoms with Gasteiger partial charge in [0.1, 0.15) is 19.3 Å². The van der Waals surface area contributed by atoms with Gasteiger partial charge in [0.05, 0.1) is 111 Å². The zero-order valence-corrected chi connectivity index (χ0v) is 58.0. The van der Waals surface area contributed by atoms with Crippen LogP contribution in [0.25, 0.3) is 0 Å². The molecule has 0 spiro atoms. The van der Waals surface area contributed by atoms with Crippen molar-refractivity contribution in [1.29, 1.82) is 0 Å². The highest BCUT2D eigenvalue weighted by Crippen LogP contribution is 2.66. The average Bonchev–Trinajstić information content (AvgIpc) is 1.78. The first-order valence-electron chi connectivity index (χ1n) is 31.6. The Morgan fingerprint density at radius 1 is 0.536 bits per heavy atom. The van der Waals surface area contributed by atoms with Gasteiger partial charge in [-0.05, 0) is 51.8 Å². The molecule has 2 aliphatic rings. The number of ketones is 6. The van der Waals surface area contributed by atoms with Gasteiger partial charge >= 0.3 is 0 Å². The molecule has 0 saturated carbocycles. The molecule has 32 nitrogen and oxygen atoms in total. The van der Waals surface area contributed by atoms with Gasteiger partial charge in [-0.25, -0.2) is 0 Å². The fourth-order valence-corrected chi connectivity index (χ4v) is 12.3. The van der Waals surface area contributed by atoms with Crippen molar-refractivity contribution in [2.45, 2.75) is 94.4 Å². The van der Waals surface area contributed by atoms with Crippen LogP contribution in [0.3, 0.4) is 0 Å². The number of likely N-dealkylation sites (tertiary alicyclic amines) is 1. The van der Waals surface area contributed by atoms with Gasteiger partial charge in [-0.3, -0.25) is 76.8 Å². The molecule has 3 rings (SSSR count). The summed E-state index contributed by atoms with van der Waals surface area (Å²) in [4.78, 5) is 188. The zero-order chi connectivity index (χ0) is 71.4. The van der Waals surface area contributed by atoms with Crippen molar-refractivity contribution in [3.05, 3.63) is 29.8 Å². The van der Waals surface area contributed by atoms with Gasteiger partial charge < -0.3 is 79.8 Å². The molecule has 2 saturated heterocycles. The number of Topliss-reactive ketones (excluding diaryl/α,β-unsaturated/α-hetero) is 6. The second kappa shape index (κ2) is 48.2. The Morgan fingerprint density at radius 2 is 1.02 bits per heavy atom. The second-order valence-electron chi connectivity index (χ2n) is 21.5. The number of ether oxygens (including phenoxy) is 9. The average molecular weight is 1430 g/mol. The van der Waals surface area contributed by atoms with Crippen LogP contribution in [-0.4, -0.2) is 273 Å². The molecule has 97 heavy (non-hydrogen) atoms. The Hall–Kier alpha value is -6.64. The van der Waals surface area contributed by atoms with Crippen LogP contribution >= 0.6 is 33.3 Å². The number of amides is 9. The number of hydrogen-bond donors (Lipinski definition) is 7. The van der Waals surface area contributed by atoms with Crippen molar-refractivity contribution in [2.75, 3.05) is 170 Å². The highest BCUT2D eigenvalue weighted by atomic mass is 33.2. The molecule has 0 radical (unpaired) electrons. The van der Waals surface area contributed by atoms with Crippen molar-refractivity contribution in [1.82, 2.24) is 36.8 Å². The maximum absolute atomic E-state index is 13.4. The Labute approximate surface area is 575 Å². The van der Waals surface area contributed by atoms with E-state index in [0.717, 1.165) is 43.0 Å². The van der Waals surface area contributed by atoms with Gasteiger partial charge in [-0.2, -0.15) is 0 Å². The minimum atomic E-state index is -2.32. The summed E-state index contributed by atoms with van der Waals surface area (Å²) in [6.07, 6.45) is 0.197. The lowest BCUT2D eigenvalue weighted by Crippen LogP contribution is -2.53. The fraction of sp³-hybridized carbons (Fsp3) is 0.661. The van der Waals surface area contributed by atoms with Gasteiger partial charge in [-0.15, -0.1) is 11.8 Å². The molecule has 1 aromatic rings. The summed E-state index contributed by atoms with van der Waals surface area (Å²) in [7, 11) is 4.05. The van der Waals surface area contributed by atoms with Crippen LogP contribution < -0.4 is 37.2 Å². The molecule has 2 fully saturated rings. The number of hydrogen-bond acceptors (Lipinski definition) is 27. The van der Waals surface area contributed by atoms with Crippen LogP contribution in [0.15, 0.2) is 24.3 Å². The smallest absolute Gasteiger partial charge is 0.250 e. The van der Waals surface area contributed by atoms with E-state index in [0.29, 0.717) is 38.5 Å². The summed E-state index contributed by atoms with van der Waals surface area (Å²) in [5.74, 6) is -7.93. The first kappa shape index (κ1) is 84.6. The molecule has 35 heteroatoms. The van der Waals surface area contributed by atoms with Crippen molar-refractivity contribution in [2.24, 2.45) is 5.41 Å². The normalized spacial score (nSPS) is 14.2. The Morgan fingerprint density at radius 3 is 1.55 bits per heavy atom. The molecular weight excluding hydrogens is 1340 g/mol. The molecule has 9 amide bonds. The molecule has 0 bridgehead atoms. The third kappa shape index (κ3) is 33.2. The number of imide groups is 1. The number of carbonyl (C=O) groups is 15. The van der Waals surface area contributed by atoms with Crippen molar-refractivity contribution in [3.63, 3.8) is 0 Å². The number of aryl methyl sites for hydroxylation is 1. The lowest BCUT2D eigenvalue weighted by molar-refractivity contribution is -0.154. The van der Waals surface area contributed by atoms with Gasteiger partial charge in [0, 0.05) is 96.2 Å². The number of nitrogens with zero attached hydrogens (tertiary/aromatic N) is 1. The topological polar surface area (TPSA) is 427 Å². The Bertz CT molecular complexity index is 2760. The molecule has 0 aliphatic carbocycles. The third-order valence-electron chi connectivity index (χ3n) is 14.2. The Balaban J connectivity index is 1.34. The van der Waals surface area contributed by atoms with Crippen LogP contribution in [0.5, 0.6) is 0 Å². The van der Waals surface area contributed by atoms with E-state index in [1.807, 2.05) is 0 Å². The minimum absolute atomic E-state index is 0.0178. The third-order valence-corrected chi connectivity index (χ3v) is 18.5. The summed E-state index contributed by atoms with van der Waals surface area (Å²) in [5.41, 5.74) is -1.08. The molecule has 0 aromatic heterocycles. The summed E-state index contributed by atoms with van der Waals surface area (Å²) < 4.78 is 48.0. The fourth-order valence-electron chi connectivity index (χ4n) is 8.96. The van der Waals surface area contributed by atoms with Crippen molar-refractivity contribution < 1.29 is 115 Å². The van der Waals surface area contributed by atoms with Crippen LogP contribution in [0, 0.1) is 5.41 Å². The number of nitrogens with one attached hydrogen (secondary N) is 7. The zero-order valence-electron chi connectivity index (χ0n) is 55.6.